The van der Waals surface area contributed by atoms with Crippen LogP contribution in [0, 0.1) is 0 Å². The van der Waals surface area contributed by atoms with Gasteiger partial charge in [0.2, 0.25) is 0 Å². The molecule has 0 heterocycles. The van der Waals surface area contributed by atoms with E-state index in [1.807, 2.05) is 0 Å². The van der Waals surface area contributed by atoms with Crippen LogP contribution in [0.4, 0.5) is 0 Å². The first kappa shape index (κ1) is 31.4. The van der Waals surface area contributed by atoms with Crippen molar-refractivity contribution in [2.45, 2.75) is 0 Å². The van der Waals surface area contributed by atoms with Crippen LogP contribution < -0.4 is 21.6 Å². The minimum absolute atomic E-state index is 0.123. The molecular formula is C30H39BrNO6P. The molecule has 0 aliphatic rings. The molecule has 0 fully saturated rings. The van der Waals surface area contributed by atoms with Crippen molar-refractivity contribution >= 4 is 42.7 Å². The molecule has 3 rings (SSSR count). The van der Waals surface area contributed by atoms with Gasteiger partial charge in [-0.3, -0.25) is 4.79 Å². The van der Waals surface area contributed by atoms with Crippen molar-refractivity contribution < 1.29 is 28.5 Å². The maximum absolute atomic E-state index is 10.9. The molecule has 0 aliphatic heterocycles. The Morgan fingerprint density at radius 3 is 1.26 bits per heavy atom. The fourth-order valence-electron chi connectivity index (χ4n) is 4.32. The number of benzene rings is 3. The van der Waals surface area contributed by atoms with Gasteiger partial charge in [0.05, 0.1) is 13.2 Å². The molecular weight excluding hydrogens is 581 g/mol. The second kappa shape index (κ2) is 16.8. The van der Waals surface area contributed by atoms with Gasteiger partial charge in [0, 0.05) is 0 Å². The van der Waals surface area contributed by atoms with E-state index < -0.39 is 11.3 Å². The zero-order chi connectivity index (χ0) is 27.7. The van der Waals surface area contributed by atoms with Crippen LogP contribution in [0.3, 0.4) is 0 Å². The molecule has 3 aromatic carbocycles. The molecule has 0 spiro atoms. The molecule has 0 radical (unpaired) electrons. The van der Waals surface area contributed by atoms with Crippen LogP contribution in [0.5, 0.6) is 0 Å². The van der Waals surface area contributed by atoms with Gasteiger partial charge in [-0.25, -0.2) is 0 Å². The Balaban J connectivity index is 1.44. The van der Waals surface area contributed by atoms with E-state index in [0.29, 0.717) is 52.9 Å². The normalized spacial score (nSPS) is 12.5. The summed E-state index contributed by atoms with van der Waals surface area (Å²) in [4.78, 5) is 10.9. The number of ether oxygens (including phenoxy) is 5. The fraction of sp³-hybridized carbons (Fsp3) is 0.367. The summed E-state index contributed by atoms with van der Waals surface area (Å²) in [6.07, 6.45) is 0.818. The number of hydrogen-bond donors (Lipinski definition) is 1. The number of nitrogens with two attached hydrogens (primary N) is 1. The van der Waals surface area contributed by atoms with Crippen molar-refractivity contribution in [2.24, 2.45) is 5.73 Å². The van der Waals surface area contributed by atoms with E-state index in [0.717, 1.165) is 6.16 Å². The minimum atomic E-state index is -2.96. The van der Waals surface area contributed by atoms with Crippen molar-refractivity contribution in [3.05, 3.63) is 91.0 Å². The van der Waals surface area contributed by atoms with Gasteiger partial charge >= 0.3 is 205 Å². The third kappa shape index (κ3) is 8.92. The van der Waals surface area contributed by atoms with E-state index in [1.54, 1.807) is 0 Å². The number of carbonyl (C=O) groups is 1. The molecule has 0 unspecified atom stereocenters. The molecule has 0 saturated carbocycles. The van der Waals surface area contributed by atoms with E-state index in [-0.39, 0.29) is 13.2 Å². The van der Waals surface area contributed by atoms with Crippen LogP contribution in [0.25, 0.3) is 0 Å². The van der Waals surface area contributed by atoms with Gasteiger partial charge in [-0.05, 0) is 0 Å². The molecule has 0 amide bonds. The second-order valence-electron chi connectivity index (χ2n) is 8.79. The quantitative estimate of drug-likeness (QED) is 0.125. The van der Waals surface area contributed by atoms with Gasteiger partial charge in [0.15, 0.2) is 0 Å². The molecule has 2 N–H and O–H groups in total. The zero-order valence-electron chi connectivity index (χ0n) is 22.3. The number of hydrogen-bond acceptors (Lipinski definition) is 7. The summed E-state index contributed by atoms with van der Waals surface area (Å²) in [7, 11) is 0. The average molecular weight is 621 g/mol. The van der Waals surface area contributed by atoms with E-state index in [1.165, 1.54) is 15.9 Å². The fourth-order valence-corrected chi connectivity index (χ4v) is 11.4. The van der Waals surface area contributed by atoms with Gasteiger partial charge in [-0.15, -0.1) is 0 Å². The third-order valence-electron chi connectivity index (χ3n) is 6.31. The van der Waals surface area contributed by atoms with Crippen LogP contribution in [-0.4, -0.2) is 78.1 Å². The Bertz CT molecular complexity index is 991. The van der Waals surface area contributed by atoms with E-state index in [2.05, 4.69) is 106 Å². The van der Waals surface area contributed by atoms with E-state index in [9.17, 15) is 4.79 Å². The van der Waals surface area contributed by atoms with Crippen molar-refractivity contribution in [1.82, 2.24) is 0 Å². The molecule has 212 valence electrons. The number of esters is 1. The predicted molar refractivity (Wildman–Crippen MR) is 162 cm³/mol. The summed E-state index contributed by atoms with van der Waals surface area (Å²) in [5, 5.41) is 0.865. The van der Waals surface area contributed by atoms with Crippen LogP contribution >= 0.6 is 20.8 Å². The SMILES string of the molecule is NCC(=O)OCCOCCOCCOCCOCCP(Br)(c1ccccc1)(c1ccccc1)c1ccccc1. The summed E-state index contributed by atoms with van der Waals surface area (Å²) in [5.41, 5.74) is 5.16. The van der Waals surface area contributed by atoms with Crippen LogP contribution in [0.1, 0.15) is 0 Å². The van der Waals surface area contributed by atoms with Gasteiger partial charge in [0.25, 0.3) is 0 Å². The molecule has 9 heteroatoms. The molecule has 0 aromatic heterocycles. The van der Waals surface area contributed by atoms with Crippen molar-refractivity contribution in [1.29, 1.82) is 0 Å². The number of carbonyl (C=O) groups excluding carboxylic acids is 1. The van der Waals surface area contributed by atoms with Crippen molar-refractivity contribution in [3.63, 3.8) is 0 Å². The molecule has 0 saturated heterocycles. The Hall–Kier alpha value is -2.16. The Morgan fingerprint density at radius 1 is 0.564 bits per heavy atom. The second-order valence-corrected chi connectivity index (χ2v) is 17.8. The summed E-state index contributed by atoms with van der Waals surface area (Å²) >= 11 is 4.43. The molecule has 3 aromatic rings. The Labute approximate surface area is 239 Å². The number of halogens is 1. The van der Waals surface area contributed by atoms with Gasteiger partial charge in [0.1, 0.15) is 6.61 Å². The monoisotopic (exact) mass is 619 g/mol. The molecule has 0 atom stereocenters. The van der Waals surface area contributed by atoms with Gasteiger partial charge in [-0.1, -0.05) is 0 Å². The Kier molecular flexibility index (Phi) is 13.5. The summed E-state index contributed by atoms with van der Waals surface area (Å²) in [6.45, 7) is 3.79. The van der Waals surface area contributed by atoms with Gasteiger partial charge in [-0.2, -0.15) is 0 Å². The van der Waals surface area contributed by atoms with E-state index >= 15 is 0 Å². The maximum atomic E-state index is 10.9. The Morgan fingerprint density at radius 2 is 0.897 bits per heavy atom. The van der Waals surface area contributed by atoms with E-state index in [4.69, 9.17) is 29.4 Å². The first-order valence-electron chi connectivity index (χ1n) is 13.2. The standard InChI is InChI=1S/C30H39BrNO6P/c31-39(27-10-4-1-5-11-27,28-12-6-2-7-13-28,29-14-8-3-9-15-29)25-24-37-21-20-35-17-16-34-18-19-36-22-23-38-30(33)26-32/h1-15H,16-26,32H2. The van der Waals surface area contributed by atoms with Crippen molar-refractivity contribution in [3.8, 4) is 0 Å². The first-order chi connectivity index (χ1) is 19.1. The summed E-state index contributed by atoms with van der Waals surface area (Å²) in [6, 6.07) is 32.1. The topological polar surface area (TPSA) is 89.2 Å². The molecule has 0 bridgehead atoms. The summed E-state index contributed by atoms with van der Waals surface area (Å²) < 4.78 is 27.4. The number of rotatable bonds is 19. The van der Waals surface area contributed by atoms with Crippen LogP contribution in [-0.2, 0) is 28.5 Å². The average Bonchev–Trinajstić information content (AvgIpc) is 3.00. The molecule has 39 heavy (non-hydrogen) atoms. The summed E-state index contributed by atoms with van der Waals surface area (Å²) in [5.74, 6) is -0.437. The predicted octanol–water partition coefficient (Wildman–Crippen LogP) is 3.39. The molecule has 0 aliphatic carbocycles. The van der Waals surface area contributed by atoms with Crippen LogP contribution in [0.15, 0.2) is 91.0 Å². The zero-order valence-corrected chi connectivity index (χ0v) is 24.8. The van der Waals surface area contributed by atoms with Gasteiger partial charge < -0.3 is 10.5 Å². The van der Waals surface area contributed by atoms with Crippen LogP contribution in [0.2, 0.25) is 0 Å². The molecule has 7 nitrogen and oxygen atoms in total. The first-order valence-corrected chi connectivity index (χ1v) is 17.6. The van der Waals surface area contributed by atoms with Crippen molar-refractivity contribution in [2.75, 3.05) is 72.2 Å². The third-order valence-corrected chi connectivity index (χ3v) is 16.2.